The molecular weight excluding hydrogens is 246 g/mol. The van der Waals surface area contributed by atoms with Gasteiger partial charge < -0.3 is 10.1 Å². The summed E-state index contributed by atoms with van der Waals surface area (Å²) in [6.45, 7) is 4.08. The van der Waals surface area contributed by atoms with Crippen LogP contribution in [0, 0.1) is 0 Å². The van der Waals surface area contributed by atoms with Crippen molar-refractivity contribution in [2.24, 2.45) is 0 Å². The predicted octanol–water partition coefficient (Wildman–Crippen LogP) is 3.95. The van der Waals surface area contributed by atoms with Crippen LogP contribution in [-0.2, 0) is 4.74 Å². The molecule has 0 radical (unpaired) electrons. The Labute approximate surface area is 115 Å². The van der Waals surface area contributed by atoms with E-state index in [9.17, 15) is 0 Å². The fourth-order valence-electron chi connectivity index (χ4n) is 2.49. The van der Waals surface area contributed by atoms with E-state index in [2.05, 4.69) is 18.3 Å². The number of hydrogen-bond donors (Lipinski definition) is 1. The van der Waals surface area contributed by atoms with Gasteiger partial charge in [0.2, 0.25) is 0 Å². The van der Waals surface area contributed by atoms with E-state index in [4.69, 9.17) is 16.3 Å². The van der Waals surface area contributed by atoms with Crippen LogP contribution in [0.2, 0.25) is 5.02 Å². The minimum absolute atomic E-state index is 0.268. The van der Waals surface area contributed by atoms with Gasteiger partial charge in [0.15, 0.2) is 0 Å². The molecule has 0 aliphatic carbocycles. The molecule has 2 atom stereocenters. The Balaban J connectivity index is 2.12. The second-order valence-electron chi connectivity index (χ2n) is 4.89. The molecule has 1 aliphatic rings. The molecule has 2 rings (SSSR count). The van der Waals surface area contributed by atoms with Crippen LogP contribution in [0.25, 0.3) is 0 Å². The van der Waals surface area contributed by atoms with Crippen LogP contribution in [0.1, 0.15) is 44.2 Å². The topological polar surface area (TPSA) is 21.3 Å². The summed E-state index contributed by atoms with van der Waals surface area (Å²) in [6.07, 6.45) is 4.99. The summed E-state index contributed by atoms with van der Waals surface area (Å²) in [6, 6.07) is 8.39. The summed E-state index contributed by atoms with van der Waals surface area (Å²) in [5.41, 5.74) is 1.24. The van der Waals surface area contributed by atoms with Crippen LogP contribution in [0.15, 0.2) is 24.3 Å². The Kier molecular flexibility index (Phi) is 5.48. The Morgan fingerprint density at radius 3 is 3.00 bits per heavy atom. The molecule has 1 aromatic rings. The van der Waals surface area contributed by atoms with Gasteiger partial charge >= 0.3 is 0 Å². The van der Waals surface area contributed by atoms with Crippen molar-refractivity contribution in [3.8, 4) is 0 Å². The molecule has 0 amide bonds. The standard InChI is InChI=1S/C15H22ClNO/c1-2-9-17-15(14-8-3-4-10-18-14)12-6-5-7-13(16)11-12/h5-7,11,14-15,17H,2-4,8-10H2,1H3. The minimum atomic E-state index is 0.268. The van der Waals surface area contributed by atoms with Gasteiger partial charge in [-0.05, 0) is 49.9 Å². The molecule has 1 fully saturated rings. The van der Waals surface area contributed by atoms with Crippen molar-refractivity contribution in [3.05, 3.63) is 34.9 Å². The summed E-state index contributed by atoms with van der Waals surface area (Å²) in [5, 5.41) is 4.40. The van der Waals surface area contributed by atoms with Crippen LogP contribution in [-0.4, -0.2) is 19.3 Å². The lowest BCUT2D eigenvalue weighted by molar-refractivity contribution is -0.00815. The fraction of sp³-hybridized carbons (Fsp3) is 0.600. The van der Waals surface area contributed by atoms with E-state index in [-0.39, 0.29) is 12.1 Å². The first-order chi connectivity index (χ1) is 8.81. The summed E-state index contributed by atoms with van der Waals surface area (Å²) in [4.78, 5) is 0. The number of halogens is 1. The SMILES string of the molecule is CCCNC(c1cccc(Cl)c1)C1CCCCO1. The lowest BCUT2D eigenvalue weighted by Crippen LogP contribution is -2.36. The zero-order valence-electron chi connectivity index (χ0n) is 11.0. The first-order valence-electron chi connectivity index (χ1n) is 6.91. The van der Waals surface area contributed by atoms with Gasteiger partial charge in [-0.3, -0.25) is 0 Å². The van der Waals surface area contributed by atoms with Crippen LogP contribution >= 0.6 is 11.6 Å². The fourth-order valence-corrected chi connectivity index (χ4v) is 2.69. The van der Waals surface area contributed by atoms with E-state index in [1.165, 1.54) is 18.4 Å². The van der Waals surface area contributed by atoms with E-state index in [0.717, 1.165) is 31.0 Å². The van der Waals surface area contributed by atoms with Crippen LogP contribution < -0.4 is 5.32 Å². The molecule has 0 aromatic heterocycles. The summed E-state index contributed by atoms with van der Waals surface area (Å²) < 4.78 is 5.93. The zero-order valence-corrected chi connectivity index (χ0v) is 11.7. The van der Waals surface area contributed by atoms with Crippen molar-refractivity contribution in [1.29, 1.82) is 0 Å². The Morgan fingerprint density at radius 1 is 1.44 bits per heavy atom. The molecule has 0 saturated carbocycles. The van der Waals surface area contributed by atoms with E-state index in [0.29, 0.717) is 0 Å². The molecule has 1 N–H and O–H groups in total. The quantitative estimate of drug-likeness (QED) is 0.872. The first-order valence-corrected chi connectivity index (χ1v) is 7.29. The molecule has 1 saturated heterocycles. The molecule has 2 unspecified atom stereocenters. The van der Waals surface area contributed by atoms with E-state index in [1.807, 2.05) is 18.2 Å². The third kappa shape index (κ3) is 3.71. The van der Waals surface area contributed by atoms with Crippen molar-refractivity contribution in [2.75, 3.05) is 13.2 Å². The number of ether oxygens (including phenoxy) is 1. The van der Waals surface area contributed by atoms with Crippen LogP contribution in [0.3, 0.4) is 0 Å². The monoisotopic (exact) mass is 267 g/mol. The minimum Gasteiger partial charge on any atom is -0.376 e. The molecule has 1 aliphatic heterocycles. The molecule has 100 valence electrons. The van der Waals surface area contributed by atoms with E-state index >= 15 is 0 Å². The van der Waals surface area contributed by atoms with Crippen molar-refractivity contribution in [2.45, 2.75) is 44.8 Å². The third-order valence-electron chi connectivity index (χ3n) is 3.41. The summed E-state index contributed by atoms with van der Waals surface area (Å²) in [5.74, 6) is 0. The van der Waals surface area contributed by atoms with Gasteiger partial charge in [-0.25, -0.2) is 0 Å². The number of benzene rings is 1. The highest BCUT2D eigenvalue weighted by Gasteiger charge is 2.25. The Hall–Kier alpha value is -0.570. The largest absolute Gasteiger partial charge is 0.376 e. The highest BCUT2D eigenvalue weighted by atomic mass is 35.5. The zero-order chi connectivity index (χ0) is 12.8. The maximum Gasteiger partial charge on any atom is 0.0769 e. The smallest absolute Gasteiger partial charge is 0.0769 e. The van der Waals surface area contributed by atoms with Gasteiger partial charge in [0.05, 0.1) is 12.1 Å². The van der Waals surface area contributed by atoms with E-state index in [1.54, 1.807) is 0 Å². The maximum absolute atomic E-state index is 6.09. The van der Waals surface area contributed by atoms with Gasteiger partial charge in [-0.1, -0.05) is 30.7 Å². The highest BCUT2D eigenvalue weighted by Crippen LogP contribution is 2.27. The Bertz CT molecular complexity index is 363. The maximum atomic E-state index is 6.09. The van der Waals surface area contributed by atoms with Crippen molar-refractivity contribution in [1.82, 2.24) is 5.32 Å². The lowest BCUT2D eigenvalue weighted by atomic mass is 9.95. The molecule has 1 heterocycles. The molecule has 18 heavy (non-hydrogen) atoms. The highest BCUT2D eigenvalue weighted by molar-refractivity contribution is 6.30. The van der Waals surface area contributed by atoms with E-state index < -0.39 is 0 Å². The van der Waals surface area contributed by atoms with Gasteiger partial charge in [0, 0.05) is 11.6 Å². The third-order valence-corrected chi connectivity index (χ3v) is 3.64. The molecule has 0 spiro atoms. The number of nitrogens with one attached hydrogen (secondary N) is 1. The van der Waals surface area contributed by atoms with Gasteiger partial charge in [-0.2, -0.15) is 0 Å². The predicted molar refractivity (Wildman–Crippen MR) is 76.1 cm³/mol. The normalized spacial score (nSPS) is 21.8. The number of hydrogen-bond acceptors (Lipinski definition) is 2. The van der Waals surface area contributed by atoms with Crippen molar-refractivity contribution >= 4 is 11.6 Å². The van der Waals surface area contributed by atoms with Crippen LogP contribution in [0.5, 0.6) is 0 Å². The Morgan fingerprint density at radius 2 is 2.33 bits per heavy atom. The second-order valence-corrected chi connectivity index (χ2v) is 5.33. The molecule has 1 aromatic carbocycles. The van der Waals surface area contributed by atoms with Crippen molar-refractivity contribution in [3.63, 3.8) is 0 Å². The summed E-state index contributed by atoms with van der Waals surface area (Å²) >= 11 is 6.09. The number of rotatable bonds is 5. The lowest BCUT2D eigenvalue weighted by Gasteiger charge is -2.31. The average Bonchev–Trinajstić information content (AvgIpc) is 2.40. The first kappa shape index (κ1) is 13.9. The molecule has 2 nitrogen and oxygen atoms in total. The van der Waals surface area contributed by atoms with Crippen LogP contribution in [0.4, 0.5) is 0 Å². The summed E-state index contributed by atoms with van der Waals surface area (Å²) in [7, 11) is 0. The molecular formula is C15H22ClNO. The molecule has 0 bridgehead atoms. The average molecular weight is 268 g/mol. The van der Waals surface area contributed by atoms with Gasteiger partial charge in [0.25, 0.3) is 0 Å². The van der Waals surface area contributed by atoms with Crippen molar-refractivity contribution < 1.29 is 4.74 Å². The second kappa shape index (κ2) is 7.13. The van der Waals surface area contributed by atoms with Gasteiger partial charge in [0.1, 0.15) is 0 Å². The molecule has 3 heteroatoms. The van der Waals surface area contributed by atoms with Gasteiger partial charge in [-0.15, -0.1) is 0 Å².